The summed E-state index contributed by atoms with van der Waals surface area (Å²) >= 11 is 6.13. The topological polar surface area (TPSA) is 79.8 Å². The summed E-state index contributed by atoms with van der Waals surface area (Å²) in [5.74, 6) is 0.150. The van der Waals surface area contributed by atoms with Gasteiger partial charge in [-0.25, -0.2) is 5.43 Å². The molecule has 0 aliphatic rings. The van der Waals surface area contributed by atoms with Gasteiger partial charge >= 0.3 is 0 Å². The summed E-state index contributed by atoms with van der Waals surface area (Å²) in [5, 5.41) is 7.40. The fraction of sp³-hybridized carbons (Fsp3) is 0.160. The van der Waals surface area contributed by atoms with Crippen LogP contribution >= 0.6 is 11.6 Å². The number of hydrogen-bond donors (Lipinski definition) is 2. The van der Waals surface area contributed by atoms with Crippen LogP contribution in [0.5, 0.6) is 5.75 Å². The molecule has 3 aromatic carbocycles. The first-order valence-corrected chi connectivity index (χ1v) is 10.5. The molecule has 0 heterocycles. The Hall–Kier alpha value is -3.64. The predicted octanol–water partition coefficient (Wildman–Crippen LogP) is 5.10. The number of para-hydroxylation sites is 1. The highest BCUT2D eigenvalue weighted by Crippen LogP contribution is 2.18. The van der Waals surface area contributed by atoms with Crippen molar-refractivity contribution < 1.29 is 14.3 Å². The summed E-state index contributed by atoms with van der Waals surface area (Å²) in [5.41, 5.74) is 5.86. The molecule has 0 bridgehead atoms. The number of hydrogen-bond acceptors (Lipinski definition) is 4. The first-order valence-electron chi connectivity index (χ1n) is 10.1. The first-order chi connectivity index (χ1) is 15.5. The van der Waals surface area contributed by atoms with Crippen molar-refractivity contribution in [2.75, 3.05) is 5.32 Å². The zero-order valence-electron chi connectivity index (χ0n) is 17.7. The second kappa shape index (κ2) is 11.7. The third-order valence-electron chi connectivity index (χ3n) is 4.63. The van der Waals surface area contributed by atoms with Gasteiger partial charge in [0.15, 0.2) is 0 Å². The third kappa shape index (κ3) is 7.25. The van der Waals surface area contributed by atoms with Crippen molar-refractivity contribution >= 4 is 35.3 Å². The summed E-state index contributed by atoms with van der Waals surface area (Å²) in [6, 6.07) is 22.3. The molecule has 0 aliphatic carbocycles. The van der Waals surface area contributed by atoms with E-state index < -0.39 is 0 Å². The Bertz CT molecular complexity index is 1100. The summed E-state index contributed by atoms with van der Waals surface area (Å²) in [7, 11) is 0. The molecule has 6 nitrogen and oxygen atoms in total. The van der Waals surface area contributed by atoms with Gasteiger partial charge in [0, 0.05) is 29.1 Å². The molecular formula is C25H24ClN3O3. The van der Waals surface area contributed by atoms with E-state index in [0.29, 0.717) is 17.4 Å². The molecule has 0 atom stereocenters. The van der Waals surface area contributed by atoms with Crippen molar-refractivity contribution in [1.29, 1.82) is 0 Å². The van der Waals surface area contributed by atoms with E-state index in [0.717, 1.165) is 22.4 Å². The summed E-state index contributed by atoms with van der Waals surface area (Å²) in [4.78, 5) is 23.9. The standard InChI is InChI=1S/C25H24ClN3O3/c1-18-6-2-5-9-23(18)28-24(30)14-15-25(31)29-27-16-19-10-12-21(13-11-19)32-17-20-7-3-4-8-22(20)26/h2-13,16H,14-15,17H2,1H3,(H,28,30)(H,29,31). The number of halogens is 1. The molecule has 3 rings (SSSR count). The van der Waals surface area contributed by atoms with Crippen LogP contribution in [0.3, 0.4) is 0 Å². The Kier molecular flexibility index (Phi) is 8.40. The van der Waals surface area contributed by atoms with E-state index in [2.05, 4.69) is 15.8 Å². The Morgan fingerprint density at radius 2 is 1.62 bits per heavy atom. The van der Waals surface area contributed by atoms with E-state index in [4.69, 9.17) is 16.3 Å². The van der Waals surface area contributed by atoms with E-state index in [1.807, 2.05) is 79.7 Å². The maximum absolute atomic E-state index is 12.0. The highest BCUT2D eigenvalue weighted by atomic mass is 35.5. The molecule has 0 saturated carbocycles. The van der Waals surface area contributed by atoms with Gasteiger partial charge in [-0.1, -0.05) is 48.0 Å². The summed E-state index contributed by atoms with van der Waals surface area (Å²) in [6.07, 6.45) is 1.65. The van der Waals surface area contributed by atoms with Crippen LogP contribution in [0.4, 0.5) is 5.69 Å². The van der Waals surface area contributed by atoms with Crippen LogP contribution < -0.4 is 15.5 Å². The van der Waals surface area contributed by atoms with E-state index in [1.54, 1.807) is 0 Å². The molecule has 32 heavy (non-hydrogen) atoms. The van der Waals surface area contributed by atoms with Crippen LogP contribution in [0.1, 0.15) is 29.5 Å². The average Bonchev–Trinajstić information content (AvgIpc) is 2.80. The van der Waals surface area contributed by atoms with Gasteiger partial charge in [-0.15, -0.1) is 0 Å². The number of anilines is 1. The number of hydrazone groups is 1. The number of amides is 2. The molecule has 0 aromatic heterocycles. The van der Waals surface area contributed by atoms with Gasteiger partial charge in [0.25, 0.3) is 0 Å². The molecule has 3 aromatic rings. The van der Waals surface area contributed by atoms with Gasteiger partial charge in [0.2, 0.25) is 11.8 Å². The van der Waals surface area contributed by atoms with E-state index in [1.165, 1.54) is 6.21 Å². The number of ether oxygens (including phenoxy) is 1. The highest BCUT2D eigenvalue weighted by Gasteiger charge is 2.08. The van der Waals surface area contributed by atoms with Gasteiger partial charge in [-0.05, 0) is 54.4 Å². The lowest BCUT2D eigenvalue weighted by molar-refractivity contribution is -0.124. The molecule has 2 amide bonds. The Labute approximate surface area is 192 Å². The number of nitrogens with zero attached hydrogens (tertiary/aromatic N) is 1. The number of aryl methyl sites for hydroxylation is 1. The van der Waals surface area contributed by atoms with E-state index >= 15 is 0 Å². The van der Waals surface area contributed by atoms with E-state index in [-0.39, 0.29) is 24.7 Å². The normalized spacial score (nSPS) is 10.7. The lowest BCUT2D eigenvalue weighted by atomic mass is 10.2. The average molecular weight is 450 g/mol. The lowest BCUT2D eigenvalue weighted by Gasteiger charge is -2.08. The zero-order chi connectivity index (χ0) is 22.8. The molecule has 164 valence electrons. The first kappa shape index (κ1) is 23.0. The van der Waals surface area contributed by atoms with Gasteiger partial charge in [-0.3, -0.25) is 9.59 Å². The van der Waals surface area contributed by atoms with E-state index in [9.17, 15) is 9.59 Å². The number of benzene rings is 3. The van der Waals surface area contributed by atoms with Gasteiger partial charge < -0.3 is 10.1 Å². The Morgan fingerprint density at radius 1 is 0.938 bits per heavy atom. The van der Waals surface area contributed by atoms with Crippen molar-refractivity contribution in [2.45, 2.75) is 26.4 Å². The predicted molar refractivity (Wildman–Crippen MR) is 127 cm³/mol. The molecule has 0 saturated heterocycles. The molecule has 0 unspecified atom stereocenters. The highest BCUT2D eigenvalue weighted by molar-refractivity contribution is 6.31. The second-order valence-electron chi connectivity index (χ2n) is 7.11. The maximum atomic E-state index is 12.0. The van der Waals surface area contributed by atoms with Crippen molar-refractivity contribution in [2.24, 2.45) is 5.10 Å². The van der Waals surface area contributed by atoms with Crippen molar-refractivity contribution in [3.63, 3.8) is 0 Å². The monoisotopic (exact) mass is 449 g/mol. The second-order valence-corrected chi connectivity index (χ2v) is 7.51. The quantitative estimate of drug-likeness (QED) is 0.352. The molecular weight excluding hydrogens is 426 g/mol. The molecule has 2 N–H and O–H groups in total. The van der Waals surface area contributed by atoms with Crippen LogP contribution in [-0.2, 0) is 16.2 Å². The molecule has 7 heteroatoms. The fourth-order valence-electron chi connectivity index (χ4n) is 2.81. The van der Waals surface area contributed by atoms with Gasteiger partial charge in [-0.2, -0.15) is 5.10 Å². The SMILES string of the molecule is Cc1ccccc1NC(=O)CCC(=O)NN=Cc1ccc(OCc2ccccc2Cl)cc1. The number of nitrogens with one attached hydrogen (secondary N) is 2. The van der Waals surface area contributed by atoms with Crippen LogP contribution in [0.15, 0.2) is 77.9 Å². The molecule has 0 spiro atoms. The van der Waals surface area contributed by atoms with Crippen LogP contribution in [-0.4, -0.2) is 18.0 Å². The number of carbonyl (C=O) groups excluding carboxylic acids is 2. The number of rotatable bonds is 9. The van der Waals surface area contributed by atoms with Gasteiger partial charge in [0.1, 0.15) is 12.4 Å². The van der Waals surface area contributed by atoms with Gasteiger partial charge in [0.05, 0.1) is 6.21 Å². The van der Waals surface area contributed by atoms with Crippen molar-refractivity contribution in [3.8, 4) is 5.75 Å². The Morgan fingerprint density at radius 3 is 2.38 bits per heavy atom. The third-order valence-corrected chi connectivity index (χ3v) is 5.00. The minimum atomic E-state index is -0.333. The zero-order valence-corrected chi connectivity index (χ0v) is 18.4. The minimum Gasteiger partial charge on any atom is -0.489 e. The smallest absolute Gasteiger partial charge is 0.240 e. The minimum absolute atomic E-state index is 0.0455. The van der Waals surface area contributed by atoms with Crippen LogP contribution in [0, 0.1) is 6.92 Å². The summed E-state index contributed by atoms with van der Waals surface area (Å²) in [6.45, 7) is 2.29. The number of carbonyl (C=O) groups is 2. The maximum Gasteiger partial charge on any atom is 0.240 e. The molecule has 0 fully saturated rings. The Balaban J connectivity index is 1.39. The lowest BCUT2D eigenvalue weighted by Crippen LogP contribution is -2.20. The van der Waals surface area contributed by atoms with Crippen LogP contribution in [0.2, 0.25) is 5.02 Å². The molecule has 0 radical (unpaired) electrons. The van der Waals surface area contributed by atoms with Crippen molar-refractivity contribution in [3.05, 3.63) is 94.5 Å². The van der Waals surface area contributed by atoms with Crippen molar-refractivity contribution in [1.82, 2.24) is 5.43 Å². The molecule has 0 aliphatic heterocycles. The van der Waals surface area contributed by atoms with Crippen LogP contribution in [0.25, 0.3) is 0 Å². The fourth-order valence-corrected chi connectivity index (χ4v) is 3.00. The largest absolute Gasteiger partial charge is 0.489 e. The summed E-state index contributed by atoms with van der Waals surface area (Å²) < 4.78 is 5.74.